The molecule has 0 aliphatic rings. The first-order chi connectivity index (χ1) is 4.48. The van der Waals surface area contributed by atoms with Gasteiger partial charge in [-0.2, -0.15) is 0 Å². The highest BCUT2D eigenvalue weighted by Gasteiger charge is 2.18. The molecule has 3 nitrogen and oxygen atoms in total. The van der Waals surface area contributed by atoms with Crippen LogP contribution in [0.2, 0.25) is 0 Å². The van der Waals surface area contributed by atoms with E-state index in [1.165, 1.54) is 0 Å². The number of halogens is 1. The van der Waals surface area contributed by atoms with Gasteiger partial charge in [0.15, 0.2) is 0 Å². The van der Waals surface area contributed by atoms with E-state index in [1.54, 1.807) is 13.8 Å². The number of carbonyl (C=O) groups is 1. The lowest BCUT2D eigenvalue weighted by Gasteiger charge is -2.22. The molecule has 0 saturated carbocycles. The van der Waals surface area contributed by atoms with Crippen LogP contribution in [-0.4, -0.2) is 23.4 Å². The number of hydrogen-bond donors (Lipinski definition) is 2. The maximum atomic E-state index is 11.7. The minimum absolute atomic E-state index is 0.208. The van der Waals surface area contributed by atoms with Gasteiger partial charge in [-0.3, -0.25) is 4.39 Å². The first-order valence-corrected chi connectivity index (χ1v) is 3.05. The summed E-state index contributed by atoms with van der Waals surface area (Å²) < 4.78 is 11.7. The minimum atomic E-state index is -1.11. The molecule has 0 aromatic rings. The van der Waals surface area contributed by atoms with Crippen LogP contribution in [0.25, 0.3) is 0 Å². The molecule has 0 saturated heterocycles. The van der Waals surface area contributed by atoms with E-state index in [2.05, 4.69) is 5.32 Å². The lowest BCUT2D eigenvalue weighted by Crippen LogP contribution is -2.42. The highest BCUT2D eigenvalue weighted by molar-refractivity contribution is 5.65. The van der Waals surface area contributed by atoms with E-state index in [0.29, 0.717) is 0 Å². The Morgan fingerprint density at radius 1 is 1.70 bits per heavy atom. The molecule has 0 aliphatic heterocycles. The predicted octanol–water partition coefficient (Wildman–Crippen LogP) is 1.39. The highest BCUT2D eigenvalue weighted by atomic mass is 19.1. The van der Waals surface area contributed by atoms with Crippen LogP contribution >= 0.6 is 0 Å². The Bertz CT molecular complexity index is 125. The van der Waals surface area contributed by atoms with Gasteiger partial charge in [0.25, 0.3) is 0 Å². The van der Waals surface area contributed by atoms with Gasteiger partial charge in [-0.15, -0.1) is 0 Å². The Labute approximate surface area is 59.2 Å². The molecule has 10 heavy (non-hydrogen) atoms. The average molecular weight is 149 g/mol. The molecule has 0 aromatic carbocycles. The molecule has 0 atom stereocenters. The van der Waals surface area contributed by atoms with Crippen LogP contribution in [0, 0.1) is 0 Å². The van der Waals surface area contributed by atoms with Crippen molar-refractivity contribution in [1.82, 2.24) is 5.32 Å². The Morgan fingerprint density at radius 2 is 2.20 bits per heavy atom. The summed E-state index contributed by atoms with van der Waals surface area (Å²) in [7, 11) is 0. The van der Waals surface area contributed by atoms with Crippen LogP contribution in [-0.2, 0) is 0 Å². The second kappa shape index (κ2) is 3.39. The summed E-state index contributed by atoms with van der Waals surface area (Å²) >= 11 is 0. The van der Waals surface area contributed by atoms with Crippen molar-refractivity contribution in [2.24, 2.45) is 0 Å². The average Bonchev–Trinajstić information content (AvgIpc) is 1.59. The van der Waals surface area contributed by atoms with Gasteiger partial charge in [0, 0.05) is 5.54 Å². The van der Waals surface area contributed by atoms with Crippen LogP contribution in [0.5, 0.6) is 0 Å². The second-order valence-corrected chi connectivity index (χ2v) is 2.75. The summed E-state index contributed by atoms with van der Waals surface area (Å²) in [5.41, 5.74) is -0.652. The third-order valence-corrected chi connectivity index (χ3v) is 1.16. The summed E-state index contributed by atoms with van der Waals surface area (Å²) in [5, 5.41) is 10.4. The number of alkyl halides is 1. The van der Waals surface area contributed by atoms with Gasteiger partial charge in [-0.25, -0.2) is 4.79 Å². The molecule has 0 fully saturated rings. The Balaban J connectivity index is 3.74. The fourth-order valence-corrected chi connectivity index (χ4v) is 0.588. The van der Waals surface area contributed by atoms with Gasteiger partial charge in [0.2, 0.25) is 0 Å². The van der Waals surface area contributed by atoms with E-state index in [9.17, 15) is 9.18 Å². The third kappa shape index (κ3) is 4.12. The molecule has 0 aliphatic carbocycles. The SMILES string of the molecule is CC(C)(CCF)NC(=O)O. The summed E-state index contributed by atoms with van der Waals surface area (Å²) in [6.45, 7) is 2.77. The fourth-order valence-electron chi connectivity index (χ4n) is 0.588. The van der Waals surface area contributed by atoms with Crippen molar-refractivity contribution in [3.63, 3.8) is 0 Å². The Kier molecular flexibility index (Phi) is 3.12. The van der Waals surface area contributed by atoms with E-state index in [1.807, 2.05) is 0 Å². The molecule has 1 amide bonds. The van der Waals surface area contributed by atoms with E-state index < -0.39 is 18.3 Å². The molecule has 0 aromatic heterocycles. The maximum Gasteiger partial charge on any atom is 0.405 e. The topological polar surface area (TPSA) is 49.3 Å². The second-order valence-electron chi connectivity index (χ2n) is 2.75. The molecule has 0 heterocycles. The van der Waals surface area contributed by atoms with Crippen LogP contribution in [0.1, 0.15) is 20.3 Å². The van der Waals surface area contributed by atoms with Crippen LogP contribution in [0.4, 0.5) is 9.18 Å². The number of nitrogens with one attached hydrogen (secondary N) is 1. The van der Waals surface area contributed by atoms with Gasteiger partial charge in [-0.1, -0.05) is 0 Å². The monoisotopic (exact) mass is 149 g/mol. The van der Waals surface area contributed by atoms with Gasteiger partial charge in [0.05, 0.1) is 6.67 Å². The van der Waals surface area contributed by atoms with Gasteiger partial charge >= 0.3 is 6.09 Å². The molecule has 0 spiro atoms. The van der Waals surface area contributed by atoms with E-state index >= 15 is 0 Å². The van der Waals surface area contributed by atoms with Crippen molar-refractivity contribution in [3.8, 4) is 0 Å². The fraction of sp³-hybridized carbons (Fsp3) is 0.833. The third-order valence-electron chi connectivity index (χ3n) is 1.16. The van der Waals surface area contributed by atoms with Gasteiger partial charge < -0.3 is 10.4 Å². The number of amides is 1. The predicted molar refractivity (Wildman–Crippen MR) is 35.8 cm³/mol. The standard InChI is InChI=1S/C6H12FNO2/c1-6(2,3-4-7)8-5(9)10/h8H,3-4H2,1-2H3,(H,9,10). The van der Waals surface area contributed by atoms with Crippen molar-refractivity contribution in [3.05, 3.63) is 0 Å². The van der Waals surface area contributed by atoms with Crippen molar-refractivity contribution in [2.45, 2.75) is 25.8 Å². The number of rotatable bonds is 3. The summed E-state index contributed by atoms with van der Waals surface area (Å²) in [6, 6.07) is 0. The largest absolute Gasteiger partial charge is 0.465 e. The Hall–Kier alpha value is -0.800. The first-order valence-electron chi connectivity index (χ1n) is 3.05. The first kappa shape index (κ1) is 9.20. The zero-order valence-electron chi connectivity index (χ0n) is 6.15. The number of carboxylic acid groups (broad SMARTS) is 1. The van der Waals surface area contributed by atoms with Crippen molar-refractivity contribution < 1.29 is 14.3 Å². The number of hydrogen-bond acceptors (Lipinski definition) is 1. The summed E-state index contributed by atoms with van der Waals surface area (Å²) in [4.78, 5) is 10.1. The smallest absolute Gasteiger partial charge is 0.405 e. The molecule has 0 bridgehead atoms. The van der Waals surface area contributed by atoms with Crippen LogP contribution in [0.3, 0.4) is 0 Å². The van der Waals surface area contributed by atoms with Gasteiger partial charge in [-0.05, 0) is 20.3 Å². The molecular weight excluding hydrogens is 137 g/mol. The van der Waals surface area contributed by atoms with E-state index in [-0.39, 0.29) is 6.42 Å². The lowest BCUT2D eigenvalue weighted by atomic mass is 10.0. The molecule has 60 valence electrons. The molecule has 0 unspecified atom stereocenters. The van der Waals surface area contributed by atoms with Crippen molar-refractivity contribution >= 4 is 6.09 Å². The molecular formula is C6H12FNO2. The Morgan fingerprint density at radius 3 is 2.50 bits per heavy atom. The summed E-state index contributed by atoms with van der Waals surface area (Å²) in [5.74, 6) is 0. The lowest BCUT2D eigenvalue weighted by molar-refractivity contribution is 0.179. The maximum absolute atomic E-state index is 11.7. The van der Waals surface area contributed by atoms with E-state index in [0.717, 1.165) is 0 Å². The normalized spacial score (nSPS) is 11.1. The molecule has 2 N–H and O–H groups in total. The molecule has 0 rings (SSSR count). The molecule has 4 heteroatoms. The minimum Gasteiger partial charge on any atom is -0.465 e. The van der Waals surface area contributed by atoms with Gasteiger partial charge in [0.1, 0.15) is 0 Å². The van der Waals surface area contributed by atoms with E-state index in [4.69, 9.17) is 5.11 Å². The zero-order valence-corrected chi connectivity index (χ0v) is 6.15. The highest BCUT2D eigenvalue weighted by Crippen LogP contribution is 2.07. The van der Waals surface area contributed by atoms with Crippen molar-refractivity contribution in [2.75, 3.05) is 6.67 Å². The molecule has 0 radical (unpaired) electrons. The zero-order chi connectivity index (χ0) is 8.20. The van der Waals surface area contributed by atoms with Crippen LogP contribution in [0.15, 0.2) is 0 Å². The summed E-state index contributed by atoms with van der Waals surface area (Å²) in [6.07, 6.45) is -0.905. The van der Waals surface area contributed by atoms with Crippen molar-refractivity contribution in [1.29, 1.82) is 0 Å². The van der Waals surface area contributed by atoms with Crippen LogP contribution < -0.4 is 5.32 Å². The quantitative estimate of drug-likeness (QED) is 0.637.